The summed E-state index contributed by atoms with van der Waals surface area (Å²) in [5.41, 5.74) is 40.3. The van der Waals surface area contributed by atoms with Crippen molar-refractivity contribution in [3.8, 4) is 123 Å². The van der Waals surface area contributed by atoms with Crippen LogP contribution < -0.4 is 0 Å². The summed E-state index contributed by atoms with van der Waals surface area (Å²) >= 11 is 0. The van der Waals surface area contributed by atoms with Crippen molar-refractivity contribution in [2.75, 3.05) is 0 Å². The minimum absolute atomic E-state index is 1.13. The zero-order valence-electron chi connectivity index (χ0n) is 77.3. The van der Waals surface area contributed by atoms with Crippen molar-refractivity contribution in [2.24, 2.45) is 0 Å². The molecule has 0 aliphatic carbocycles. The summed E-state index contributed by atoms with van der Waals surface area (Å²) in [6.45, 7) is 0. The Labute approximate surface area is 818 Å². The zero-order valence-corrected chi connectivity index (χ0v) is 77.3. The summed E-state index contributed by atoms with van der Waals surface area (Å²) in [6, 6.07) is 192. The van der Waals surface area contributed by atoms with Crippen LogP contribution in [0.4, 0.5) is 0 Å². The number of hydrogen-bond donors (Lipinski definition) is 0. The average Bonchev–Trinajstić information content (AvgIpc) is 1.53. The van der Waals surface area contributed by atoms with Gasteiger partial charge in [0.25, 0.3) is 0 Å². The molecule has 6 heteroatoms. The fraction of sp³-hybridized carbons (Fsp3) is 0. The average molecular weight is 1800 g/mol. The highest BCUT2D eigenvalue weighted by molar-refractivity contribution is 6.30. The molecule has 660 valence electrons. The van der Waals surface area contributed by atoms with Gasteiger partial charge in [0.2, 0.25) is 0 Å². The van der Waals surface area contributed by atoms with Crippen molar-refractivity contribution >= 4 is 152 Å². The normalized spacial score (nSPS) is 11.9. The second-order valence-corrected chi connectivity index (χ2v) is 37.8. The zero-order chi connectivity index (χ0) is 93.1. The van der Waals surface area contributed by atoms with Crippen molar-refractivity contribution in [3.63, 3.8) is 0 Å². The first-order valence-electron chi connectivity index (χ1n) is 49.0. The summed E-state index contributed by atoms with van der Waals surface area (Å²) in [7, 11) is 0. The SMILES string of the molecule is c1ccc(-c2ccc3c(c2)c2cc(-c4ccccc4)ccc2n3-c2ccc3c4c2ccc2c(-n5c6ccc(-c7ccccc7)cc6c6cc(-c7ccccc7)ccc65)ccc(c24)n3-c2ccccc2)cc1.c1ccc(-c2ccc3c4ccc(-c5ccccc5)cc4n(-c4cc5ccc6cc(-n7c8cc(-c9ccccc9)ccc8c8ccc(-c9ccccc9)cc87)cc7c6c5c(c4)n7-c4ccccc4)c3c2)cc1. The summed E-state index contributed by atoms with van der Waals surface area (Å²) in [5.74, 6) is 0. The predicted molar refractivity (Wildman–Crippen MR) is 600 cm³/mol. The van der Waals surface area contributed by atoms with E-state index in [0.717, 1.165) is 34.1 Å². The highest BCUT2D eigenvalue weighted by atomic mass is 15.0. The maximum absolute atomic E-state index is 2.51. The van der Waals surface area contributed by atoms with E-state index in [1.165, 1.54) is 241 Å². The van der Waals surface area contributed by atoms with Crippen LogP contribution in [0.2, 0.25) is 0 Å². The molecule has 24 aromatic carbocycles. The van der Waals surface area contributed by atoms with Gasteiger partial charge in [-0.3, -0.25) is 0 Å². The van der Waals surface area contributed by atoms with Crippen molar-refractivity contribution in [1.29, 1.82) is 0 Å². The minimum Gasteiger partial charge on any atom is -0.309 e. The summed E-state index contributed by atoms with van der Waals surface area (Å²) in [6.07, 6.45) is 0. The quantitative estimate of drug-likeness (QED) is 0.0972. The largest absolute Gasteiger partial charge is 0.309 e. The van der Waals surface area contributed by atoms with Gasteiger partial charge in [0.1, 0.15) is 0 Å². The number of benzene rings is 24. The lowest BCUT2D eigenvalue weighted by molar-refractivity contribution is 1.15. The van der Waals surface area contributed by atoms with E-state index < -0.39 is 0 Å². The molecule has 0 spiro atoms. The monoisotopic (exact) mass is 1800 g/mol. The van der Waals surface area contributed by atoms with E-state index >= 15 is 0 Å². The molecule has 142 heavy (non-hydrogen) atoms. The number of para-hydroxylation sites is 2. The third-order valence-electron chi connectivity index (χ3n) is 29.9. The third-order valence-corrected chi connectivity index (χ3v) is 29.9. The lowest BCUT2D eigenvalue weighted by Crippen LogP contribution is -1.98. The Bertz CT molecular complexity index is 9290. The van der Waals surface area contributed by atoms with Gasteiger partial charge in [-0.15, -0.1) is 0 Å². The van der Waals surface area contributed by atoms with Crippen LogP contribution in [-0.4, -0.2) is 27.4 Å². The molecular weight excluding hydrogens is 1720 g/mol. The van der Waals surface area contributed by atoms with E-state index in [-0.39, 0.29) is 0 Å². The molecule has 30 aromatic rings. The number of fused-ring (bicyclic) bond motifs is 12. The van der Waals surface area contributed by atoms with Gasteiger partial charge in [-0.25, -0.2) is 0 Å². The fourth-order valence-electron chi connectivity index (χ4n) is 23.5. The number of rotatable bonds is 14. The van der Waals surface area contributed by atoms with Crippen LogP contribution in [0.15, 0.2) is 522 Å². The maximum atomic E-state index is 2.51. The molecule has 30 rings (SSSR count). The Balaban J connectivity index is 0.000000136. The molecule has 0 fully saturated rings. The van der Waals surface area contributed by atoms with E-state index in [4.69, 9.17) is 0 Å². The Kier molecular flexibility index (Phi) is 18.3. The standard InChI is InChI=1S/2C68H43N3/c1-6-16-44(17-7-1)48-26-32-61-55(40-48)56-41-49(45-18-8-2-9-19-45)27-33-62(56)70(61)59-36-38-65-67-53(59)30-31-54-60(37-39-66(68(54)67)69(65)52-24-14-5-15-25-52)71-63-34-28-50(46-20-10-3-11-21-46)42-57(63)58-43-51(29-35-64(58)71)47-22-12-4-13-23-47;1-6-16-44(17-7-1)48-28-32-57-58-33-29-49(45-18-8-2-9-19-45)39-62(58)70(61(57)38-48)55-36-52-26-27-53-37-56(43-66-68(53)67(52)65(42-55)69(66)54-24-14-5-15-25-54)71-63-40-50(46-20-10-3-11-21-46)30-34-59(63)60-35-31-51(41-64(60)71)47-22-12-4-13-23-47/h2*1-43H. The fourth-order valence-corrected chi connectivity index (χ4v) is 23.5. The Morgan fingerprint density at radius 1 is 0.0986 bits per heavy atom. The number of hydrogen-bond acceptors (Lipinski definition) is 0. The molecule has 0 N–H and O–H groups in total. The highest BCUT2D eigenvalue weighted by Gasteiger charge is 2.29. The Hall–Kier alpha value is -18.9. The molecule has 0 bridgehead atoms. The van der Waals surface area contributed by atoms with Crippen LogP contribution in [0.25, 0.3) is 276 Å². The van der Waals surface area contributed by atoms with Crippen LogP contribution in [0.1, 0.15) is 0 Å². The highest BCUT2D eigenvalue weighted by Crippen LogP contribution is 2.51. The third kappa shape index (κ3) is 12.8. The molecule has 0 saturated heterocycles. The van der Waals surface area contributed by atoms with Crippen LogP contribution in [0, 0.1) is 0 Å². The summed E-state index contributed by atoms with van der Waals surface area (Å²) in [5, 5.41) is 19.8. The first kappa shape index (κ1) is 80.4. The molecule has 0 unspecified atom stereocenters. The van der Waals surface area contributed by atoms with Crippen molar-refractivity contribution in [1.82, 2.24) is 27.4 Å². The topological polar surface area (TPSA) is 29.6 Å². The van der Waals surface area contributed by atoms with Gasteiger partial charge in [0.05, 0.1) is 77.6 Å². The molecule has 0 amide bonds. The maximum Gasteiger partial charge on any atom is 0.0568 e. The van der Waals surface area contributed by atoms with E-state index in [1.54, 1.807) is 0 Å². The van der Waals surface area contributed by atoms with Gasteiger partial charge in [-0.2, -0.15) is 0 Å². The summed E-state index contributed by atoms with van der Waals surface area (Å²) < 4.78 is 15.0. The molecule has 0 aliphatic heterocycles. The predicted octanol–water partition coefficient (Wildman–Crippen LogP) is 36.5. The van der Waals surface area contributed by atoms with Crippen LogP contribution >= 0.6 is 0 Å². The second-order valence-electron chi connectivity index (χ2n) is 37.8. The van der Waals surface area contributed by atoms with Gasteiger partial charge < -0.3 is 27.4 Å². The van der Waals surface area contributed by atoms with Gasteiger partial charge in [0.15, 0.2) is 0 Å². The molecule has 6 nitrogen and oxygen atoms in total. The lowest BCUT2D eigenvalue weighted by Gasteiger charge is -2.15. The number of nitrogens with zero attached hydrogens (tertiary/aromatic N) is 6. The van der Waals surface area contributed by atoms with E-state index in [2.05, 4.69) is 549 Å². The van der Waals surface area contributed by atoms with E-state index in [1.807, 2.05) is 0 Å². The minimum atomic E-state index is 1.13. The Morgan fingerprint density at radius 3 is 0.570 bits per heavy atom. The molecule has 6 aromatic heterocycles. The smallest absolute Gasteiger partial charge is 0.0568 e. The van der Waals surface area contributed by atoms with Crippen molar-refractivity contribution < 1.29 is 0 Å². The molecule has 0 aliphatic rings. The summed E-state index contributed by atoms with van der Waals surface area (Å²) in [4.78, 5) is 0. The van der Waals surface area contributed by atoms with Crippen LogP contribution in [0.5, 0.6) is 0 Å². The first-order valence-corrected chi connectivity index (χ1v) is 49.0. The molecular formula is C136H86N6. The molecule has 0 atom stereocenters. The van der Waals surface area contributed by atoms with E-state index in [9.17, 15) is 0 Å². The van der Waals surface area contributed by atoms with Crippen LogP contribution in [0.3, 0.4) is 0 Å². The van der Waals surface area contributed by atoms with E-state index in [0.29, 0.717) is 0 Å². The van der Waals surface area contributed by atoms with Gasteiger partial charge >= 0.3 is 0 Å². The van der Waals surface area contributed by atoms with Crippen LogP contribution in [-0.2, 0) is 0 Å². The number of aromatic nitrogens is 6. The second kappa shape index (κ2) is 32.4. The lowest BCUT2D eigenvalue weighted by atomic mass is 9.99. The van der Waals surface area contributed by atoms with Crippen molar-refractivity contribution in [2.45, 2.75) is 0 Å². The Morgan fingerprint density at radius 2 is 0.310 bits per heavy atom. The van der Waals surface area contributed by atoms with Gasteiger partial charge in [-0.05, 0) is 245 Å². The van der Waals surface area contributed by atoms with Gasteiger partial charge in [-0.1, -0.05) is 376 Å². The molecule has 6 heterocycles. The molecule has 0 radical (unpaired) electrons. The molecule has 0 saturated carbocycles. The first-order chi connectivity index (χ1) is 70.4. The van der Waals surface area contributed by atoms with Gasteiger partial charge in [0, 0.05) is 98.2 Å². The van der Waals surface area contributed by atoms with Crippen molar-refractivity contribution in [3.05, 3.63) is 522 Å².